The summed E-state index contributed by atoms with van der Waals surface area (Å²) in [5.41, 5.74) is 1.01. The summed E-state index contributed by atoms with van der Waals surface area (Å²) in [6, 6.07) is 3.73. The van der Waals surface area contributed by atoms with Crippen molar-refractivity contribution in [1.29, 1.82) is 0 Å². The van der Waals surface area contributed by atoms with E-state index in [9.17, 15) is 14.4 Å². The maximum atomic E-state index is 11.5. The highest BCUT2D eigenvalue weighted by Crippen LogP contribution is 2.07. The molecule has 0 bridgehead atoms. The molecular weight excluding hydrogens is 302 g/mol. The van der Waals surface area contributed by atoms with Gasteiger partial charge in [-0.1, -0.05) is 17.8 Å². The van der Waals surface area contributed by atoms with E-state index in [0.717, 1.165) is 16.6 Å². The van der Waals surface area contributed by atoms with Crippen molar-refractivity contribution >= 4 is 35.2 Å². The van der Waals surface area contributed by atoms with E-state index in [1.54, 1.807) is 0 Å². The first-order chi connectivity index (χ1) is 9.65. The topological polar surface area (TPSA) is 120 Å². The predicted molar refractivity (Wildman–Crippen MR) is 76.3 cm³/mol. The highest BCUT2D eigenvalue weighted by Gasteiger charge is 2.06. The van der Waals surface area contributed by atoms with Crippen molar-refractivity contribution < 1.29 is 4.79 Å². The second-order valence-electron chi connectivity index (χ2n) is 3.41. The Morgan fingerprint density at radius 3 is 3.10 bits per heavy atom. The number of thioether (sulfide) groups is 1. The number of nitrogens with zero attached hydrogens (tertiary/aromatic N) is 2. The van der Waals surface area contributed by atoms with Crippen LogP contribution in [0.2, 0.25) is 0 Å². The molecule has 10 heteroatoms. The Morgan fingerprint density at radius 2 is 2.40 bits per heavy atom. The van der Waals surface area contributed by atoms with E-state index in [1.165, 1.54) is 17.6 Å². The Labute approximate surface area is 120 Å². The summed E-state index contributed by atoms with van der Waals surface area (Å²) < 4.78 is 0. The average molecular weight is 311 g/mol. The van der Waals surface area contributed by atoms with Crippen LogP contribution in [0.25, 0.3) is 0 Å². The number of thiophene rings is 1. The van der Waals surface area contributed by atoms with E-state index in [4.69, 9.17) is 0 Å². The van der Waals surface area contributed by atoms with E-state index >= 15 is 0 Å². The molecule has 8 nitrogen and oxygen atoms in total. The van der Waals surface area contributed by atoms with Crippen molar-refractivity contribution in [2.45, 2.75) is 5.03 Å². The lowest BCUT2D eigenvalue weighted by Crippen LogP contribution is -2.26. The number of amides is 1. The number of hydrazone groups is 1. The zero-order valence-electron chi connectivity index (χ0n) is 9.95. The number of aromatic amines is 2. The highest BCUT2D eigenvalue weighted by atomic mass is 32.2. The van der Waals surface area contributed by atoms with Crippen LogP contribution < -0.4 is 16.7 Å². The molecule has 0 unspecified atom stereocenters. The molecular formula is C10H9N5O3S2. The van der Waals surface area contributed by atoms with Gasteiger partial charge in [-0.05, 0) is 11.4 Å². The summed E-state index contributed by atoms with van der Waals surface area (Å²) in [7, 11) is 0. The van der Waals surface area contributed by atoms with Crippen LogP contribution in [-0.2, 0) is 4.79 Å². The van der Waals surface area contributed by atoms with Gasteiger partial charge in [0.1, 0.15) is 0 Å². The van der Waals surface area contributed by atoms with Gasteiger partial charge in [0.25, 0.3) is 5.56 Å². The molecule has 0 saturated carbocycles. The first-order valence-corrected chi connectivity index (χ1v) is 7.19. The fraction of sp³-hybridized carbons (Fsp3) is 0.100. The minimum Gasteiger partial charge on any atom is -0.272 e. The van der Waals surface area contributed by atoms with Gasteiger partial charge < -0.3 is 0 Å². The fourth-order valence-corrected chi connectivity index (χ4v) is 2.34. The molecule has 0 fully saturated rings. The van der Waals surface area contributed by atoms with Crippen molar-refractivity contribution in [2.24, 2.45) is 5.10 Å². The van der Waals surface area contributed by atoms with Gasteiger partial charge in [0.05, 0.1) is 12.0 Å². The fourth-order valence-electron chi connectivity index (χ4n) is 1.13. The molecule has 0 radical (unpaired) electrons. The first-order valence-electron chi connectivity index (χ1n) is 5.32. The molecule has 2 aromatic rings. The van der Waals surface area contributed by atoms with Crippen LogP contribution in [0.4, 0.5) is 0 Å². The van der Waals surface area contributed by atoms with Crippen LogP contribution in [0.3, 0.4) is 0 Å². The maximum absolute atomic E-state index is 11.5. The summed E-state index contributed by atoms with van der Waals surface area (Å²) >= 11 is 2.40. The third kappa shape index (κ3) is 4.17. The van der Waals surface area contributed by atoms with Crippen molar-refractivity contribution in [2.75, 3.05) is 5.75 Å². The number of nitrogens with one attached hydrogen (secondary N) is 3. The van der Waals surface area contributed by atoms with Crippen molar-refractivity contribution in [3.63, 3.8) is 0 Å². The molecule has 2 aromatic heterocycles. The molecule has 0 aliphatic rings. The Kier molecular flexibility index (Phi) is 4.85. The monoisotopic (exact) mass is 311 g/mol. The van der Waals surface area contributed by atoms with Gasteiger partial charge in [-0.15, -0.1) is 11.3 Å². The summed E-state index contributed by atoms with van der Waals surface area (Å²) in [6.45, 7) is 0. The van der Waals surface area contributed by atoms with Crippen LogP contribution in [0, 0.1) is 0 Å². The SMILES string of the molecule is O=C(CSc1n[nH]c(=O)[nH]c1=O)NN=Cc1cccs1. The third-order valence-corrected chi connectivity index (χ3v) is 3.71. The Bertz CT molecular complexity index is 719. The minimum atomic E-state index is -0.690. The Morgan fingerprint density at radius 1 is 1.55 bits per heavy atom. The number of carbonyl (C=O) groups excluding carboxylic acids is 1. The third-order valence-electron chi connectivity index (χ3n) is 1.94. The molecule has 1 amide bonds. The van der Waals surface area contributed by atoms with Gasteiger partial charge >= 0.3 is 5.69 Å². The molecule has 20 heavy (non-hydrogen) atoms. The molecule has 3 N–H and O–H groups in total. The van der Waals surface area contributed by atoms with Crippen LogP contribution in [-0.4, -0.2) is 33.1 Å². The summed E-state index contributed by atoms with van der Waals surface area (Å²) in [5, 5.41) is 11.3. The molecule has 2 rings (SSSR count). The van der Waals surface area contributed by atoms with Crippen molar-refractivity contribution in [1.82, 2.24) is 20.6 Å². The van der Waals surface area contributed by atoms with E-state index in [0.29, 0.717) is 0 Å². The number of hydrogen-bond acceptors (Lipinski definition) is 7. The molecule has 0 saturated heterocycles. The zero-order chi connectivity index (χ0) is 14.4. The van der Waals surface area contributed by atoms with Crippen LogP contribution in [0.1, 0.15) is 4.88 Å². The van der Waals surface area contributed by atoms with Gasteiger partial charge in [-0.3, -0.25) is 14.6 Å². The second-order valence-corrected chi connectivity index (χ2v) is 5.35. The Balaban J connectivity index is 1.83. The van der Waals surface area contributed by atoms with E-state index in [2.05, 4.69) is 20.7 Å². The number of aromatic nitrogens is 3. The van der Waals surface area contributed by atoms with Gasteiger partial charge in [0.15, 0.2) is 5.03 Å². The largest absolute Gasteiger partial charge is 0.342 e. The highest BCUT2D eigenvalue weighted by molar-refractivity contribution is 7.99. The smallest absolute Gasteiger partial charge is 0.272 e. The molecule has 2 heterocycles. The molecule has 104 valence electrons. The van der Waals surface area contributed by atoms with Crippen LogP contribution in [0.15, 0.2) is 37.2 Å². The summed E-state index contributed by atoms with van der Waals surface area (Å²) in [6.07, 6.45) is 1.53. The maximum Gasteiger partial charge on any atom is 0.342 e. The number of H-pyrrole nitrogens is 2. The summed E-state index contributed by atoms with van der Waals surface area (Å²) in [5.74, 6) is -0.417. The molecule has 0 atom stereocenters. The van der Waals surface area contributed by atoms with Gasteiger partial charge in [0, 0.05) is 4.88 Å². The van der Waals surface area contributed by atoms with Crippen LogP contribution in [0.5, 0.6) is 0 Å². The Hall–Kier alpha value is -2.20. The number of carbonyl (C=O) groups is 1. The van der Waals surface area contributed by atoms with Gasteiger partial charge in [-0.25, -0.2) is 15.3 Å². The molecule has 0 aliphatic heterocycles. The standard InChI is InChI=1S/C10H9N5O3S2/c16-7(13-11-4-6-2-1-3-19-6)5-20-9-8(17)12-10(18)15-14-9/h1-4H,5H2,(H,13,16)(H2,12,15,17,18). The average Bonchev–Trinajstić information content (AvgIpc) is 2.91. The van der Waals surface area contributed by atoms with Crippen molar-refractivity contribution in [3.05, 3.63) is 43.2 Å². The van der Waals surface area contributed by atoms with E-state index in [1.807, 2.05) is 22.5 Å². The number of rotatable bonds is 5. The lowest BCUT2D eigenvalue weighted by Gasteiger charge is -1.98. The van der Waals surface area contributed by atoms with Crippen LogP contribution >= 0.6 is 23.1 Å². The second kappa shape index (κ2) is 6.82. The normalized spacial score (nSPS) is 10.8. The lowest BCUT2D eigenvalue weighted by molar-refractivity contribution is -0.118. The quantitative estimate of drug-likeness (QED) is 0.400. The van der Waals surface area contributed by atoms with Gasteiger partial charge in [-0.2, -0.15) is 10.2 Å². The van der Waals surface area contributed by atoms with Crippen molar-refractivity contribution in [3.8, 4) is 0 Å². The molecule has 0 aromatic carbocycles. The molecule has 0 aliphatic carbocycles. The zero-order valence-corrected chi connectivity index (χ0v) is 11.6. The first kappa shape index (κ1) is 14.2. The van der Waals surface area contributed by atoms with Gasteiger partial charge in [0.2, 0.25) is 5.91 Å². The van der Waals surface area contributed by atoms with E-state index in [-0.39, 0.29) is 16.7 Å². The lowest BCUT2D eigenvalue weighted by atomic mass is 10.5. The van der Waals surface area contributed by atoms with E-state index < -0.39 is 11.2 Å². The molecule has 0 spiro atoms. The minimum absolute atomic E-state index is 0.0157. The predicted octanol–water partition coefficient (Wildman–Crippen LogP) is -0.238. The number of hydrogen-bond donors (Lipinski definition) is 3. The summed E-state index contributed by atoms with van der Waals surface area (Å²) in [4.78, 5) is 36.5.